The van der Waals surface area contributed by atoms with Crippen LogP contribution in [0.15, 0.2) is 23.1 Å². The summed E-state index contributed by atoms with van der Waals surface area (Å²) in [5, 5.41) is 3.27. The minimum atomic E-state index is -3.61. The predicted octanol–water partition coefficient (Wildman–Crippen LogP) is 0.466. The van der Waals surface area contributed by atoms with Crippen molar-refractivity contribution in [1.29, 1.82) is 0 Å². The number of nitrogens with two attached hydrogens (primary N) is 1. The van der Waals surface area contributed by atoms with Crippen molar-refractivity contribution in [2.75, 3.05) is 20.1 Å². The van der Waals surface area contributed by atoms with E-state index in [1.54, 1.807) is 20.0 Å². The molecule has 3 N–H and O–H groups in total. The zero-order chi connectivity index (χ0) is 15.6. The van der Waals surface area contributed by atoms with Crippen molar-refractivity contribution >= 4 is 15.9 Å². The molecule has 0 aromatic heterocycles. The van der Waals surface area contributed by atoms with E-state index in [0.29, 0.717) is 12.1 Å². The standard InChI is InChI=1S/C14H21N3O3S/c1-10-5-6-12(8-13(10)14(15)18)21(19,20)17(2)9-11-4-3-7-16-11/h5-6,8,11,16H,3-4,7,9H2,1-2H3,(H2,15,18). The van der Waals surface area contributed by atoms with Gasteiger partial charge in [-0.15, -0.1) is 0 Å². The summed E-state index contributed by atoms with van der Waals surface area (Å²) in [6.07, 6.45) is 2.04. The number of nitrogens with zero attached hydrogens (tertiary/aromatic N) is 1. The molecule has 1 amide bonds. The average molecular weight is 311 g/mol. The van der Waals surface area contributed by atoms with Crippen LogP contribution in [0.3, 0.4) is 0 Å². The van der Waals surface area contributed by atoms with E-state index in [-0.39, 0.29) is 16.5 Å². The number of sulfonamides is 1. The van der Waals surface area contributed by atoms with Gasteiger partial charge in [-0.3, -0.25) is 4.79 Å². The summed E-state index contributed by atoms with van der Waals surface area (Å²) >= 11 is 0. The largest absolute Gasteiger partial charge is 0.366 e. The molecule has 0 saturated carbocycles. The van der Waals surface area contributed by atoms with Gasteiger partial charge in [-0.2, -0.15) is 4.31 Å². The lowest BCUT2D eigenvalue weighted by molar-refractivity contribution is 0.0999. The van der Waals surface area contributed by atoms with Gasteiger partial charge in [0.05, 0.1) is 4.90 Å². The molecule has 1 heterocycles. The highest BCUT2D eigenvalue weighted by Crippen LogP contribution is 2.19. The Bertz CT molecular complexity index is 637. The number of amides is 1. The fourth-order valence-electron chi connectivity index (χ4n) is 2.53. The van der Waals surface area contributed by atoms with Crippen LogP contribution in [-0.4, -0.2) is 44.8 Å². The lowest BCUT2D eigenvalue weighted by atomic mass is 10.1. The maximum absolute atomic E-state index is 12.6. The first-order valence-corrected chi connectivity index (χ1v) is 8.36. The van der Waals surface area contributed by atoms with Gasteiger partial charge in [-0.05, 0) is 44.0 Å². The Morgan fingerprint density at radius 1 is 1.48 bits per heavy atom. The Balaban J connectivity index is 2.26. The molecule has 1 aromatic carbocycles. The molecular formula is C14H21N3O3S. The van der Waals surface area contributed by atoms with E-state index in [9.17, 15) is 13.2 Å². The molecule has 116 valence electrons. The lowest BCUT2D eigenvalue weighted by Gasteiger charge is -2.21. The minimum absolute atomic E-state index is 0.0994. The topological polar surface area (TPSA) is 92.5 Å². The fraction of sp³-hybridized carbons (Fsp3) is 0.500. The Kier molecular flexibility index (Phi) is 4.65. The Morgan fingerprint density at radius 2 is 2.19 bits per heavy atom. The molecule has 2 rings (SSSR count). The molecule has 21 heavy (non-hydrogen) atoms. The predicted molar refractivity (Wildman–Crippen MR) is 80.5 cm³/mol. The molecule has 0 spiro atoms. The number of rotatable bonds is 5. The molecule has 0 bridgehead atoms. The first-order chi connectivity index (χ1) is 9.82. The van der Waals surface area contributed by atoms with E-state index in [2.05, 4.69) is 5.32 Å². The molecule has 1 aromatic rings. The number of aryl methyl sites for hydroxylation is 1. The van der Waals surface area contributed by atoms with Crippen LogP contribution < -0.4 is 11.1 Å². The average Bonchev–Trinajstić information content (AvgIpc) is 2.91. The van der Waals surface area contributed by atoms with Crippen molar-refractivity contribution in [3.63, 3.8) is 0 Å². The molecule has 1 saturated heterocycles. The summed E-state index contributed by atoms with van der Waals surface area (Å²) in [5.41, 5.74) is 6.18. The second-order valence-electron chi connectivity index (χ2n) is 5.42. The highest BCUT2D eigenvalue weighted by Gasteiger charge is 2.26. The number of primary amides is 1. The van der Waals surface area contributed by atoms with Crippen LogP contribution in [0, 0.1) is 6.92 Å². The third-order valence-electron chi connectivity index (χ3n) is 3.82. The van der Waals surface area contributed by atoms with E-state index in [1.165, 1.54) is 16.4 Å². The summed E-state index contributed by atoms with van der Waals surface area (Å²) in [6.45, 7) is 3.07. The van der Waals surface area contributed by atoms with Crippen LogP contribution in [0.25, 0.3) is 0 Å². The van der Waals surface area contributed by atoms with Crippen LogP contribution in [-0.2, 0) is 10.0 Å². The molecule has 1 aliphatic heterocycles. The van der Waals surface area contributed by atoms with Gasteiger partial charge in [-0.1, -0.05) is 6.07 Å². The van der Waals surface area contributed by atoms with Crippen LogP contribution in [0.4, 0.5) is 0 Å². The van der Waals surface area contributed by atoms with Crippen LogP contribution >= 0.6 is 0 Å². The van der Waals surface area contributed by atoms with Gasteiger partial charge in [0.25, 0.3) is 0 Å². The first kappa shape index (κ1) is 15.9. The summed E-state index contributed by atoms with van der Waals surface area (Å²) in [5.74, 6) is -0.621. The number of carbonyl (C=O) groups is 1. The molecule has 6 nitrogen and oxygen atoms in total. The summed E-state index contributed by atoms with van der Waals surface area (Å²) in [7, 11) is -2.06. The maximum Gasteiger partial charge on any atom is 0.249 e. The van der Waals surface area contributed by atoms with Crippen LogP contribution in [0.1, 0.15) is 28.8 Å². The number of hydrogen-bond donors (Lipinski definition) is 2. The number of carbonyl (C=O) groups excluding carboxylic acids is 1. The van der Waals surface area contributed by atoms with Crippen molar-refractivity contribution in [3.05, 3.63) is 29.3 Å². The Labute approximate surface area is 125 Å². The van der Waals surface area contributed by atoms with Gasteiger partial charge >= 0.3 is 0 Å². The van der Waals surface area contributed by atoms with E-state index >= 15 is 0 Å². The fourth-order valence-corrected chi connectivity index (χ4v) is 3.77. The van der Waals surface area contributed by atoms with Crippen molar-refractivity contribution in [2.45, 2.75) is 30.7 Å². The van der Waals surface area contributed by atoms with Crippen molar-refractivity contribution in [1.82, 2.24) is 9.62 Å². The van der Waals surface area contributed by atoms with Gasteiger partial charge in [0.15, 0.2) is 0 Å². The number of hydrogen-bond acceptors (Lipinski definition) is 4. The zero-order valence-electron chi connectivity index (χ0n) is 12.3. The molecular weight excluding hydrogens is 290 g/mol. The van der Waals surface area contributed by atoms with Crippen molar-refractivity contribution in [2.24, 2.45) is 5.73 Å². The summed E-state index contributed by atoms with van der Waals surface area (Å²) < 4.78 is 26.4. The maximum atomic E-state index is 12.6. The summed E-state index contributed by atoms with van der Waals surface area (Å²) in [4.78, 5) is 11.5. The van der Waals surface area contributed by atoms with Crippen molar-refractivity contribution < 1.29 is 13.2 Å². The molecule has 1 atom stereocenters. The third-order valence-corrected chi connectivity index (χ3v) is 5.64. The molecule has 7 heteroatoms. The number of benzene rings is 1. The molecule has 0 aliphatic carbocycles. The molecule has 1 fully saturated rings. The number of likely N-dealkylation sites (N-methyl/N-ethyl adjacent to an activating group) is 1. The van der Waals surface area contributed by atoms with Gasteiger partial charge in [-0.25, -0.2) is 8.42 Å². The first-order valence-electron chi connectivity index (χ1n) is 6.92. The third kappa shape index (κ3) is 3.42. The highest BCUT2D eigenvalue weighted by atomic mass is 32.2. The van der Waals surface area contributed by atoms with E-state index in [4.69, 9.17) is 5.73 Å². The smallest absolute Gasteiger partial charge is 0.249 e. The van der Waals surface area contributed by atoms with Crippen LogP contribution in [0.5, 0.6) is 0 Å². The SMILES string of the molecule is Cc1ccc(S(=O)(=O)N(C)CC2CCCN2)cc1C(N)=O. The molecule has 1 aliphatic rings. The van der Waals surface area contributed by atoms with Gasteiger partial charge in [0.2, 0.25) is 15.9 Å². The Morgan fingerprint density at radius 3 is 2.76 bits per heavy atom. The normalized spacial score (nSPS) is 19.1. The van der Waals surface area contributed by atoms with Gasteiger partial charge < -0.3 is 11.1 Å². The second-order valence-corrected chi connectivity index (χ2v) is 7.46. The number of nitrogens with one attached hydrogen (secondary N) is 1. The minimum Gasteiger partial charge on any atom is -0.366 e. The van der Waals surface area contributed by atoms with Crippen molar-refractivity contribution in [3.8, 4) is 0 Å². The monoisotopic (exact) mass is 311 g/mol. The van der Waals surface area contributed by atoms with E-state index in [0.717, 1.165) is 19.4 Å². The Hall–Kier alpha value is -1.44. The van der Waals surface area contributed by atoms with Crippen LogP contribution in [0.2, 0.25) is 0 Å². The molecule has 0 radical (unpaired) electrons. The van der Waals surface area contributed by atoms with E-state index in [1.807, 2.05) is 0 Å². The van der Waals surface area contributed by atoms with Gasteiger partial charge in [0.1, 0.15) is 0 Å². The quantitative estimate of drug-likeness (QED) is 0.826. The highest BCUT2D eigenvalue weighted by molar-refractivity contribution is 7.89. The molecule has 1 unspecified atom stereocenters. The second kappa shape index (κ2) is 6.13. The van der Waals surface area contributed by atoms with Gasteiger partial charge in [0, 0.05) is 25.2 Å². The summed E-state index contributed by atoms with van der Waals surface area (Å²) in [6, 6.07) is 4.65. The van der Waals surface area contributed by atoms with E-state index < -0.39 is 15.9 Å². The lowest BCUT2D eigenvalue weighted by Crippen LogP contribution is -2.38. The zero-order valence-corrected chi connectivity index (χ0v) is 13.1.